The molecule has 0 aromatic heterocycles. The molecule has 2 heteroatoms. The predicted molar refractivity (Wildman–Crippen MR) is 18.2 cm³/mol. The van der Waals surface area contributed by atoms with Crippen LogP contribution in [-0.4, -0.2) is 6.54 Å². The van der Waals surface area contributed by atoms with Crippen LogP contribution in [0.2, 0.25) is 0 Å². The maximum absolute atomic E-state index is 11.0. The third-order valence-corrected chi connectivity index (χ3v) is 0.192. The molecule has 0 saturated carbocycles. The molecule has 0 saturated heterocycles. The number of hydrogen-bond donors (Lipinski definition) is 0. The van der Waals surface area contributed by atoms with Gasteiger partial charge in [-0.1, -0.05) is 6.58 Å². The smallest absolute Gasteiger partial charge is 0.108 e. The zero-order valence-corrected chi connectivity index (χ0v) is 2.79. The summed E-state index contributed by atoms with van der Waals surface area (Å²) in [5, 5.41) is 0. The maximum atomic E-state index is 11.0. The monoisotopic (exact) mass is 74.0 g/mol. The lowest BCUT2D eigenvalue weighted by Gasteiger charge is -1.74. The molecule has 0 aromatic carbocycles. The third-order valence-electron chi connectivity index (χ3n) is 0.192. The molecular formula is C3H5FN. The lowest BCUT2D eigenvalue weighted by atomic mass is 10.6. The van der Waals surface area contributed by atoms with Crippen LogP contribution in [0.15, 0.2) is 12.4 Å². The van der Waals surface area contributed by atoms with Gasteiger partial charge in [0.15, 0.2) is 0 Å². The quantitative estimate of drug-likeness (QED) is 0.438. The van der Waals surface area contributed by atoms with Crippen LogP contribution in [0, 0.1) is 0 Å². The van der Waals surface area contributed by atoms with E-state index in [0.717, 1.165) is 0 Å². The van der Waals surface area contributed by atoms with E-state index in [0.29, 0.717) is 0 Å². The van der Waals surface area contributed by atoms with Crippen molar-refractivity contribution in [3.63, 3.8) is 0 Å². The predicted octanol–water partition coefficient (Wildman–Crippen LogP) is 0.752. The first-order valence-corrected chi connectivity index (χ1v) is 1.25. The minimum Gasteiger partial charge on any atom is -0.251 e. The summed E-state index contributed by atoms with van der Waals surface area (Å²) in [5.74, 6) is -0.579. The van der Waals surface area contributed by atoms with Crippen molar-refractivity contribution >= 4 is 0 Å². The summed E-state index contributed by atoms with van der Waals surface area (Å²) < 4.78 is 11.0. The highest BCUT2D eigenvalue weighted by Crippen LogP contribution is 1.81. The van der Waals surface area contributed by atoms with E-state index in [1.54, 1.807) is 0 Å². The number of nitrogens with one attached hydrogen (secondary N) is 1. The standard InChI is InChI=1S/C3H5FN/c1-3(4)2-5/h5H,1-2H2. The molecule has 5 heavy (non-hydrogen) atoms. The van der Waals surface area contributed by atoms with Crippen molar-refractivity contribution in [3.8, 4) is 0 Å². The molecule has 0 rings (SSSR count). The van der Waals surface area contributed by atoms with Crippen molar-refractivity contribution in [2.75, 3.05) is 6.54 Å². The maximum Gasteiger partial charge on any atom is 0.108 e. The Hall–Kier alpha value is -0.370. The lowest BCUT2D eigenvalue weighted by molar-refractivity contribution is 0.619. The fourth-order valence-electron chi connectivity index (χ4n) is 0. The van der Waals surface area contributed by atoms with E-state index in [2.05, 4.69) is 6.58 Å². The Balaban J connectivity index is 2.85. The molecule has 1 nitrogen and oxygen atoms in total. The molecule has 0 aliphatic carbocycles. The average molecular weight is 74.1 g/mol. The van der Waals surface area contributed by atoms with Crippen LogP contribution in [0.1, 0.15) is 0 Å². The van der Waals surface area contributed by atoms with Gasteiger partial charge in [0.1, 0.15) is 5.83 Å². The van der Waals surface area contributed by atoms with Crippen LogP contribution in [0.5, 0.6) is 0 Å². The molecule has 0 atom stereocenters. The Kier molecular flexibility index (Phi) is 1.76. The highest BCUT2D eigenvalue weighted by molar-refractivity contribution is 4.78. The summed E-state index contributed by atoms with van der Waals surface area (Å²) in [6.07, 6.45) is 0. The van der Waals surface area contributed by atoms with Crippen LogP contribution in [0.4, 0.5) is 4.39 Å². The van der Waals surface area contributed by atoms with Crippen LogP contribution < -0.4 is 5.73 Å². The van der Waals surface area contributed by atoms with Crippen molar-refractivity contribution in [2.24, 2.45) is 0 Å². The number of hydrogen-bond acceptors (Lipinski definition) is 0. The van der Waals surface area contributed by atoms with Crippen LogP contribution in [-0.2, 0) is 0 Å². The van der Waals surface area contributed by atoms with Gasteiger partial charge in [-0.15, -0.1) is 0 Å². The second kappa shape index (κ2) is 1.91. The van der Waals surface area contributed by atoms with Crippen LogP contribution in [0.25, 0.3) is 0 Å². The van der Waals surface area contributed by atoms with Gasteiger partial charge in [-0.25, -0.2) is 4.39 Å². The molecule has 1 radical (unpaired) electrons. The minimum atomic E-state index is -0.579. The summed E-state index contributed by atoms with van der Waals surface area (Å²) in [7, 11) is 0. The highest BCUT2D eigenvalue weighted by atomic mass is 19.1. The van der Waals surface area contributed by atoms with Gasteiger partial charge in [0.25, 0.3) is 0 Å². The number of rotatable bonds is 1. The second-order valence-corrected chi connectivity index (χ2v) is 0.694. The van der Waals surface area contributed by atoms with Crippen molar-refractivity contribution in [2.45, 2.75) is 0 Å². The molecule has 0 fully saturated rings. The molecule has 29 valence electrons. The summed E-state index contributed by atoms with van der Waals surface area (Å²) in [6.45, 7) is 2.51. The molecule has 0 amide bonds. The zero-order valence-electron chi connectivity index (χ0n) is 2.79. The van der Waals surface area contributed by atoms with E-state index in [9.17, 15) is 4.39 Å². The summed E-state index contributed by atoms with van der Waals surface area (Å²) >= 11 is 0. The van der Waals surface area contributed by atoms with Gasteiger partial charge >= 0.3 is 0 Å². The molecule has 0 aliphatic rings. The van der Waals surface area contributed by atoms with E-state index < -0.39 is 5.83 Å². The van der Waals surface area contributed by atoms with E-state index in [-0.39, 0.29) is 6.54 Å². The van der Waals surface area contributed by atoms with Gasteiger partial charge < -0.3 is 0 Å². The first-order valence-electron chi connectivity index (χ1n) is 1.25. The molecule has 0 heterocycles. The van der Waals surface area contributed by atoms with Crippen molar-refractivity contribution in [3.05, 3.63) is 12.4 Å². The largest absolute Gasteiger partial charge is 0.251 e. The Morgan fingerprint density at radius 3 is 2.20 bits per heavy atom. The molecule has 0 aromatic rings. The Morgan fingerprint density at radius 2 is 2.20 bits per heavy atom. The molecule has 1 N–H and O–H groups in total. The van der Waals surface area contributed by atoms with Crippen LogP contribution in [0.3, 0.4) is 0 Å². The minimum absolute atomic E-state index is 0.306. The zero-order chi connectivity index (χ0) is 4.28. The third kappa shape index (κ3) is 3.63. The van der Waals surface area contributed by atoms with E-state index in [1.165, 1.54) is 0 Å². The molecule has 0 aliphatic heterocycles. The normalized spacial score (nSPS) is 7.60. The van der Waals surface area contributed by atoms with Crippen molar-refractivity contribution < 1.29 is 4.39 Å². The van der Waals surface area contributed by atoms with Gasteiger partial charge in [-0.05, 0) is 0 Å². The summed E-state index contributed by atoms with van der Waals surface area (Å²) in [6, 6.07) is 0. The SMILES string of the molecule is C=C(F)C[NH]. The average Bonchev–Trinajstić information content (AvgIpc) is 1.38. The fraction of sp³-hybridized carbons (Fsp3) is 0.333. The first kappa shape index (κ1) is 4.63. The van der Waals surface area contributed by atoms with Crippen LogP contribution >= 0.6 is 0 Å². The fourth-order valence-corrected chi connectivity index (χ4v) is 0. The molecule has 0 unspecified atom stereocenters. The Bertz CT molecular complexity index is 42.2. The highest BCUT2D eigenvalue weighted by Gasteiger charge is 1.74. The summed E-state index contributed by atoms with van der Waals surface area (Å²) in [4.78, 5) is 0. The number of halogens is 1. The molecule has 0 spiro atoms. The molecule has 0 bridgehead atoms. The lowest BCUT2D eigenvalue weighted by Crippen LogP contribution is -1.78. The van der Waals surface area contributed by atoms with Gasteiger partial charge in [0, 0.05) is 0 Å². The Labute approximate surface area is 30.3 Å². The van der Waals surface area contributed by atoms with E-state index in [1.807, 2.05) is 0 Å². The summed E-state index contributed by atoms with van der Waals surface area (Å²) in [5.41, 5.74) is 6.18. The van der Waals surface area contributed by atoms with Gasteiger partial charge in [0.05, 0.1) is 6.54 Å². The second-order valence-electron chi connectivity index (χ2n) is 0.694. The molecular weight excluding hydrogens is 69.0 g/mol. The first-order chi connectivity index (χ1) is 2.27. The van der Waals surface area contributed by atoms with Gasteiger partial charge in [0.2, 0.25) is 0 Å². The van der Waals surface area contributed by atoms with Gasteiger partial charge in [-0.2, -0.15) is 0 Å². The topological polar surface area (TPSA) is 23.8 Å². The van der Waals surface area contributed by atoms with Crippen molar-refractivity contribution in [1.29, 1.82) is 0 Å². The van der Waals surface area contributed by atoms with Gasteiger partial charge in [-0.3, -0.25) is 5.73 Å². The Morgan fingerprint density at radius 1 is 2.00 bits per heavy atom. The van der Waals surface area contributed by atoms with Crippen molar-refractivity contribution in [1.82, 2.24) is 5.73 Å². The van der Waals surface area contributed by atoms with E-state index >= 15 is 0 Å². The van der Waals surface area contributed by atoms with E-state index in [4.69, 9.17) is 5.73 Å².